The maximum atomic E-state index is 12.6. The number of carbonyl (C=O) groups is 2. The quantitative estimate of drug-likeness (QED) is 0.516. The van der Waals surface area contributed by atoms with Gasteiger partial charge < -0.3 is 10.2 Å². The normalized spacial score (nSPS) is 23.2. The van der Waals surface area contributed by atoms with Crippen LogP contribution in [0, 0.1) is 5.92 Å². The molecule has 0 saturated carbocycles. The lowest BCUT2D eigenvalue weighted by Crippen LogP contribution is -2.53. The van der Waals surface area contributed by atoms with Gasteiger partial charge in [0.1, 0.15) is 17.7 Å². The summed E-state index contributed by atoms with van der Waals surface area (Å²) in [5.41, 5.74) is 3.01. The summed E-state index contributed by atoms with van der Waals surface area (Å²) >= 11 is 0. The summed E-state index contributed by atoms with van der Waals surface area (Å²) in [6, 6.07) is 12.6. The molecule has 1 fully saturated rings. The van der Waals surface area contributed by atoms with E-state index in [1.165, 1.54) is 0 Å². The number of nitrogens with zero attached hydrogens (tertiary/aromatic N) is 5. The Hall–Kier alpha value is -3.95. The Labute approximate surface area is 203 Å². The predicted molar refractivity (Wildman–Crippen MR) is 134 cm³/mol. The molecule has 3 aliphatic rings. The number of nitrogens with two attached hydrogens (primary N) is 1. The van der Waals surface area contributed by atoms with Crippen molar-refractivity contribution >= 4 is 29.7 Å². The van der Waals surface area contributed by atoms with Crippen LogP contribution in [0.3, 0.4) is 0 Å². The molecule has 9 nitrogen and oxygen atoms in total. The molecule has 1 aromatic heterocycles. The molecule has 0 aliphatic carbocycles. The van der Waals surface area contributed by atoms with Crippen LogP contribution in [-0.4, -0.2) is 51.4 Å². The van der Waals surface area contributed by atoms with E-state index in [0.717, 1.165) is 36.3 Å². The van der Waals surface area contributed by atoms with Gasteiger partial charge in [0.25, 0.3) is 11.7 Å². The van der Waals surface area contributed by atoms with Crippen molar-refractivity contribution in [3.8, 4) is 0 Å². The Morgan fingerprint density at radius 3 is 2.77 bits per heavy atom. The lowest BCUT2D eigenvalue weighted by molar-refractivity contribution is -0.750. The van der Waals surface area contributed by atoms with Gasteiger partial charge in [0, 0.05) is 37.2 Å². The summed E-state index contributed by atoms with van der Waals surface area (Å²) in [4.78, 5) is 40.3. The second kappa shape index (κ2) is 9.36. The number of allylic oxidation sites excluding steroid dienone is 1. The highest BCUT2D eigenvalue weighted by atomic mass is 16.2. The third kappa shape index (κ3) is 4.31. The molecule has 5 rings (SSSR count). The number of nitrogens with one attached hydrogen (secondary N) is 1. The lowest BCUT2D eigenvalue weighted by atomic mass is 9.93. The Kier molecular flexibility index (Phi) is 6.10. The number of carbonyl (C=O) groups excluding carboxylic acids is 2. The summed E-state index contributed by atoms with van der Waals surface area (Å²) < 4.78 is -0.0868. The van der Waals surface area contributed by atoms with Crippen molar-refractivity contribution in [3.05, 3.63) is 83.6 Å². The molecule has 4 heterocycles. The number of piperidine rings is 1. The number of benzene rings is 1. The molecule has 2 amide bonds. The summed E-state index contributed by atoms with van der Waals surface area (Å²) in [6.07, 6.45) is 9.23. The SMILES string of the molecule is CCC(=O)N1CCCC(C2=C3C=NC=C[N+]3(N)C(c3ccc(C(=O)Nc4ccccn4)cc3)=N2)C1. The van der Waals surface area contributed by atoms with E-state index in [4.69, 9.17) is 10.8 Å². The van der Waals surface area contributed by atoms with Gasteiger partial charge in [-0.1, -0.05) is 13.0 Å². The van der Waals surface area contributed by atoms with E-state index in [9.17, 15) is 9.59 Å². The van der Waals surface area contributed by atoms with Crippen molar-refractivity contribution < 1.29 is 14.2 Å². The van der Waals surface area contributed by atoms with E-state index in [1.54, 1.807) is 49.1 Å². The number of amides is 2. The zero-order chi connectivity index (χ0) is 24.4. The first-order valence-corrected chi connectivity index (χ1v) is 11.8. The zero-order valence-corrected chi connectivity index (χ0v) is 19.6. The smallest absolute Gasteiger partial charge is 0.264 e. The van der Waals surface area contributed by atoms with E-state index >= 15 is 0 Å². The van der Waals surface area contributed by atoms with Crippen LogP contribution in [0.4, 0.5) is 5.82 Å². The molecule has 1 saturated heterocycles. The summed E-state index contributed by atoms with van der Waals surface area (Å²) in [5, 5.41) is 2.79. The molecule has 35 heavy (non-hydrogen) atoms. The third-order valence-electron chi connectivity index (χ3n) is 6.60. The van der Waals surface area contributed by atoms with Crippen LogP contribution >= 0.6 is 0 Å². The molecule has 3 aliphatic heterocycles. The van der Waals surface area contributed by atoms with Crippen molar-refractivity contribution in [3.63, 3.8) is 0 Å². The number of pyridine rings is 1. The van der Waals surface area contributed by atoms with Gasteiger partial charge in [-0.25, -0.2) is 4.98 Å². The second-order valence-electron chi connectivity index (χ2n) is 8.84. The van der Waals surface area contributed by atoms with Crippen LogP contribution < -0.4 is 11.2 Å². The largest absolute Gasteiger partial charge is 0.342 e. The minimum Gasteiger partial charge on any atom is -0.342 e. The number of anilines is 1. The van der Waals surface area contributed by atoms with Crippen molar-refractivity contribution in [2.24, 2.45) is 21.7 Å². The fraction of sp³-hybridized carbons (Fsp3) is 0.269. The van der Waals surface area contributed by atoms with E-state index in [-0.39, 0.29) is 22.3 Å². The maximum absolute atomic E-state index is 12.6. The molecule has 0 bridgehead atoms. The number of hydrogen-bond acceptors (Lipinski definition) is 6. The van der Waals surface area contributed by atoms with Gasteiger partial charge in [-0.15, -0.1) is 4.59 Å². The highest BCUT2D eigenvalue weighted by molar-refractivity contribution is 6.05. The van der Waals surface area contributed by atoms with Crippen LogP contribution in [0.2, 0.25) is 0 Å². The Balaban J connectivity index is 1.42. The van der Waals surface area contributed by atoms with Gasteiger partial charge >= 0.3 is 0 Å². The van der Waals surface area contributed by atoms with Crippen LogP contribution in [0.1, 0.15) is 42.1 Å². The number of fused-ring (bicyclic) bond motifs is 1. The van der Waals surface area contributed by atoms with E-state index in [1.807, 2.05) is 30.0 Å². The fourth-order valence-electron chi connectivity index (χ4n) is 4.75. The minimum atomic E-state index is -0.243. The van der Waals surface area contributed by atoms with E-state index < -0.39 is 0 Å². The molecule has 9 heteroatoms. The summed E-state index contributed by atoms with van der Waals surface area (Å²) in [7, 11) is 0. The van der Waals surface area contributed by atoms with Crippen molar-refractivity contribution in [2.45, 2.75) is 26.2 Å². The number of hydrogen-bond donors (Lipinski definition) is 2. The maximum Gasteiger partial charge on any atom is 0.264 e. The average molecular weight is 471 g/mol. The topological polar surface area (TPSA) is 113 Å². The number of aliphatic imine (C=N–C) groups is 2. The zero-order valence-electron chi connectivity index (χ0n) is 19.6. The van der Waals surface area contributed by atoms with Gasteiger partial charge in [0.05, 0.1) is 18.0 Å². The van der Waals surface area contributed by atoms with Crippen molar-refractivity contribution in [1.29, 1.82) is 0 Å². The van der Waals surface area contributed by atoms with Gasteiger partial charge in [0.2, 0.25) is 11.6 Å². The first-order valence-electron chi connectivity index (χ1n) is 11.8. The molecular formula is C26H28N7O2+. The third-order valence-corrected chi connectivity index (χ3v) is 6.60. The minimum absolute atomic E-state index is 0.0868. The van der Waals surface area contributed by atoms with Crippen LogP contribution in [0.5, 0.6) is 0 Å². The van der Waals surface area contributed by atoms with Crippen LogP contribution in [0.15, 0.2) is 82.4 Å². The molecular weight excluding hydrogens is 442 g/mol. The number of likely N-dealkylation sites (tertiary alicyclic amines) is 1. The standard InChI is InChI=1S/C26H27N7O2/c1-2-23(34)32-14-5-6-20(17-32)24-21-16-28-13-15-33(21,27)25(31-24)18-8-10-19(11-9-18)26(35)30-22-7-3-4-12-29-22/h3-4,7-13,15-16,20H,2,5-6,14,17,27H2,1H3/p+1. The summed E-state index contributed by atoms with van der Waals surface area (Å²) in [5.74, 6) is 8.02. The monoisotopic (exact) mass is 470 g/mol. The van der Waals surface area contributed by atoms with E-state index in [2.05, 4.69) is 15.3 Å². The average Bonchev–Trinajstić information content (AvgIpc) is 3.22. The number of rotatable bonds is 5. The number of amidine groups is 1. The first kappa shape index (κ1) is 22.8. The molecule has 3 N–H and O–H groups in total. The number of quaternary nitrogens is 1. The first-order chi connectivity index (χ1) is 17.0. The molecule has 0 radical (unpaired) electrons. The summed E-state index contributed by atoms with van der Waals surface area (Å²) in [6.45, 7) is 3.30. The Bertz CT molecular complexity index is 1260. The van der Waals surface area contributed by atoms with Gasteiger partial charge in [-0.3, -0.25) is 14.6 Å². The molecule has 2 unspecified atom stereocenters. The second-order valence-corrected chi connectivity index (χ2v) is 8.84. The Morgan fingerprint density at radius 1 is 1.20 bits per heavy atom. The highest BCUT2D eigenvalue weighted by Gasteiger charge is 2.46. The number of aromatic nitrogens is 1. The van der Waals surface area contributed by atoms with Gasteiger partial charge in [-0.2, -0.15) is 10.8 Å². The Morgan fingerprint density at radius 2 is 2.03 bits per heavy atom. The molecule has 2 aromatic rings. The molecule has 2 atom stereocenters. The van der Waals surface area contributed by atoms with Crippen LogP contribution in [0.25, 0.3) is 0 Å². The highest BCUT2D eigenvalue weighted by Crippen LogP contribution is 2.37. The lowest BCUT2D eigenvalue weighted by Gasteiger charge is -2.32. The van der Waals surface area contributed by atoms with Crippen molar-refractivity contribution in [2.75, 3.05) is 18.4 Å². The fourth-order valence-corrected chi connectivity index (χ4v) is 4.75. The predicted octanol–water partition coefficient (Wildman–Crippen LogP) is 3.20. The molecule has 1 aromatic carbocycles. The molecule has 0 spiro atoms. The van der Waals surface area contributed by atoms with Crippen LogP contribution in [-0.2, 0) is 4.79 Å². The van der Waals surface area contributed by atoms with Gasteiger partial charge in [0.15, 0.2) is 0 Å². The van der Waals surface area contributed by atoms with E-state index in [0.29, 0.717) is 30.2 Å². The van der Waals surface area contributed by atoms with Gasteiger partial charge in [-0.05, 0) is 49.2 Å². The molecule has 178 valence electrons. The van der Waals surface area contributed by atoms with Crippen molar-refractivity contribution in [1.82, 2.24) is 9.88 Å².